The first kappa shape index (κ1) is 20.5. The van der Waals surface area contributed by atoms with E-state index in [9.17, 15) is 9.90 Å². The van der Waals surface area contributed by atoms with Crippen LogP contribution in [-0.4, -0.2) is 28.1 Å². The van der Waals surface area contributed by atoms with Gasteiger partial charge >= 0.3 is 0 Å². The van der Waals surface area contributed by atoms with Crippen molar-refractivity contribution in [3.05, 3.63) is 75.2 Å². The number of aliphatic hydroxyl groups excluding tert-OH is 1. The zero-order valence-corrected chi connectivity index (χ0v) is 18.5. The van der Waals surface area contributed by atoms with Crippen LogP contribution in [0.3, 0.4) is 0 Å². The number of halogens is 2. The standard InChI is InChI=1S/C23H18Cl2N2O3S/c24-14-3-1-12(2-4-14)23-27-18(11-31-23)13-7-16(8-13)26-22(29)21-10-19(28)17-9-15(25)5-6-20(17)30-21/h1-7,9,11,16,19,21,28H,8,10H2,(H,26,29)/t16?,19-,21+/m1/s1. The molecule has 1 aliphatic heterocycles. The highest BCUT2D eigenvalue weighted by atomic mass is 35.5. The van der Waals surface area contributed by atoms with Crippen molar-refractivity contribution < 1.29 is 14.6 Å². The number of thiazole rings is 1. The summed E-state index contributed by atoms with van der Waals surface area (Å²) in [4.78, 5) is 17.4. The van der Waals surface area contributed by atoms with Crippen LogP contribution in [0.15, 0.2) is 53.9 Å². The number of carbonyl (C=O) groups is 1. The Morgan fingerprint density at radius 2 is 1.90 bits per heavy atom. The van der Waals surface area contributed by atoms with Crippen LogP contribution < -0.4 is 10.1 Å². The predicted octanol–water partition coefficient (Wildman–Crippen LogP) is 5.27. The number of fused-ring (bicyclic) bond motifs is 1. The minimum absolute atomic E-state index is 0.0736. The Kier molecular flexibility index (Phi) is 5.48. The number of nitrogens with one attached hydrogen (secondary N) is 1. The lowest BCUT2D eigenvalue weighted by atomic mass is 9.90. The molecule has 5 nitrogen and oxygen atoms in total. The summed E-state index contributed by atoms with van der Waals surface area (Å²) in [6.07, 6.45) is 1.38. The van der Waals surface area contributed by atoms with Crippen LogP contribution in [0, 0.1) is 0 Å². The van der Waals surface area contributed by atoms with Crippen molar-refractivity contribution in [3.63, 3.8) is 0 Å². The van der Waals surface area contributed by atoms with Crippen molar-refractivity contribution in [1.29, 1.82) is 0 Å². The number of aromatic nitrogens is 1. The van der Waals surface area contributed by atoms with Gasteiger partial charge in [-0.25, -0.2) is 4.98 Å². The van der Waals surface area contributed by atoms with Crippen molar-refractivity contribution in [2.45, 2.75) is 31.1 Å². The van der Waals surface area contributed by atoms with Gasteiger partial charge in [0.2, 0.25) is 0 Å². The van der Waals surface area contributed by atoms with Crippen molar-refractivity contribution in [3.8, 4) is 16.3 Å². The Labute approximate surface area is 193 Å². The number of aliphatic hydroxyl groups is 1. The van der Waals surface area contributed by atoms with E-state index in [-0.39, 0.29) is 18.4 Å². The highest BCUT2D eigenvalue weighted by Crippen LogP contribution is 2.37. The third-order valence-electron chi connectivity index (χ3n) is 5.42. The lowest BCUT2D eigenvalue weighted by molar-refractivity contribution is -0.130. The van der Waals surface area contributed by atoms with E-state index in [0.717, 1.165) is 21.8 Å². The monoisotopic (exact) mass is 472 g/mol. The van der Waals surface area contributed by atoms with Crippen molar-refractivity contribution in [1.82, 2.24) is 10.3 Å². The topological polar surface area (TPSA) is 71.5 Å². The lowest BCUT2D eigenvalue weighted by Gasteiger charge is -2.31. The zero-order valence-electron chi connectivity index (χ0n) is 16.2. The van der Waals surface area contributed by atoms with E-state index >= 15 is 0 Å². The first-order valence-corrected chi connectivity index (χ1v) is 11.5. The van der Waals surface area contributed by atoms with Crippen LogP contribution in [0.1, 0.15) is 30.2 Å². The van der Waals surface area contributed by atoms with E-state index in [4.69, 9.17) is 32.9 Å². The average molecular weight is 473 g/mol. The number of hydrogen-bond donors (Lipinski definition) is 2. The van der Waals surface area contributed by atoms with Gasteiger partial charge in [0, 0.05) is 33.0 Å². The van der Waals surface area contributed by atoms with Gasteiger partial charge in [-0.15, -0.1) is 11.3 Å². The molecule has 0 fully saturated rings. The Morgan fingerprint density at radius 1 is 1.16 bits per heavy atom. The van der Waals surface area contributed by atoms with Gasteiger partial charge in [0.05, 0.1) is 17.8 Å². The van der Waals surface area contributed by atoms with Gasteiger partial charge in [0.1, 0.15) is 10.8 Å². The highest BCUT2D eigenvalue weighted by molar-refractivity contribution is 7.13. The van der Waals surface area contributed by atoms with Gasteiger partial charge in [-0.2, -0.15) is 0 Å². The Balaban J connectivity index is 1.21. The molecule has 0 spiro atoms. The highest BCUT2D eigenvalue weighted by Gasteiger charge is 2.34. The molecule has 1 aliphatic carbocycles. The molecule has 158 valence electrons. The molecule has 5 rings (SSSR count). The fraction of sp³-hybridized carbons (Fsp3) is 0.217. The maximum absolute atomic E-state index is 12.7. The summed E-state index contributed by atoms with van der Waals surface area (Å²) in [6.45, 7) is 0. The summed E-state index contributed by atoms with van der Waals surface area (Å²) in [5.74, 6) is 0.255. The molecule has 2 aliphatic rings. The molecule has 31 heavy (non-hydrogen) atoms. The number of amides is 1. The SMILES string of the molecule is O=C(NC1C=C(c2csc(-c3ccc(Cl)cc3)n2)C1)[C@@H]1C[C@@H](O)c2cc(Cl)ccc2O1. The minimum atomic E-state index is -0.785. The van der Waals surface area contributed by atoms with Crippen LogP contribution in [0.25, 0.3) is 16.1 Å². The van der Waals surface area contributed by atoms with Crippen molar-refractivity contribution >= 4 is 46.0 Å². The summed E-state index contributed by atoms with van der Waals surface area (Å²) in [6, 6.07) is 12.6. The first-order chi connectivity index (χ1) is 15.0. The largest absolute Gasteiger partial charge is 0.480 e. The van der Waals surface area contributed by atoms with E-state index in [0.29, 0.717) is 27.8 Å². The third-order valence-corrected chi connectivity index (χ3v) is 6.80. The van der Waals surface area contributed by atoms with Gasteiger partial charge in [0.15, 0.2) is 6.10 Å². The normalized spacial score (nSPS) is 22.0. The van der Waals surface area contributed by atoms with E-state index in [1.54, 1.807) is 29.5 Å². The van der Waals surface area contributed by atoms with Crippen LogP contribution in [-0.2, 0) is 4.79 Å². The predicted molar refractivity (Wildman–Crippen MR) is 123 cm³/mol. The molecule has 2 aromatic carbocycles. The molecule has 3 aromatic rings. The number of rotatable bonds is 4. The lowest BCUT2D eigenvalue weighted by Crippen LogP contribution is -2.47. The van der Waals surface area contributed by atoms with E-state index in [2.05, 4.69) is 5.32 Å². The molecule has 1 aromatic heterocycles. The molecule has 0 radical (unpaired) electrons. The maximum Gasteiger partial charge on any atom is 0.261 e. The van der Waals surface area contributed by atoms with Crippen LogP contribution in [0.5, 0.6) is 5.75 Å². The van der Waals surface area contributed by atoms with Gasteiger partial charge < -0.3 is 15.2 Å². The third kappa shape index (κ3) is 4.21. The molecule has 0 saturated heterocycles. The molecular formula is C23H18Cl2N2O3S. The second-order valence-electron chi connectivity index (χ2n) is 7.60. The molecule has 0 saturated carbocycles. The Hall–Kier alpha value is -2.38. The van der Waals surface area contributed by atoms with E-state index < -0.39 is 12.2 Å². The number of carbonyl (C=O) groups excluding carboxylic acids is 1. The van der Waals surface area contributed by atoms with Crippen molar-refractivity contribution in [2.75, 3.05) is 0 Å². The Morgan fingerprint density at radius 3 is 2.68 bits per heavy atom. The number of benzene rings is 2. The molecule has 2 N–H and O–H groups in total. The molecular weight excluding hydrogens is 455 g/mol. The van der Waals surface area contributed by atoms with Gasteiger partial charge in [-0.3, -0.25) is 4.79 Å². The summed E-state index contributed by atoms with van der Waals surface area (Å²) in [7, 11) is 0. The molecule has 3 atom stereocenters. The van der Waals surface area contributed by atoms with Crippen LogP contribution in [0.2, 0.25) is 10.0 Å². The molecule has 0 bridgehead atoms. The zero-order chi connectivity index (χ0) is 21.5. The quantitative estimate of drug-likeness (QED) is 0.542. The first-order valence-electron chi connectivity index (χ1n) is 9.83. The van der Waals surface area contributed by atoms with Gasteiger partial charge in [0.25, 0.3) is 5.91 Å². The second-order valence-corrected chi connectivity index (χ2v) is 9.33. The maximum atomic E-state index is 12.7. The second kappa shape index (κ2) is 8.28. The molecule has 1 amide bonds. The fourth-order valence-corrected chi connectivity index (χ4v) is 4.89. The fourth-order valence-electron chi connectivity index (χ4n) is 3.73. The molecule has 2 heterocycles. The smallest absolute Gasteiger partial charge is 0.261 e. The summed E-state index contributed by atoms with van der Waals surface area (Å²) < 4.78 is 5.79. The summed E-state index contributed by atoms with van der Waals surface area (Å²) in [5, 5.41) is 17.5. The molecule has 8 heteroatoms. The van der Waals surface area contributed by atoms with Crippen LogP contribution >= 0.6 is 34.5 Å². The molecule has 1 unspecified atom stereocenters. The van der Waals surface area contributed by atoms with Crippen LogP contribution in [0.4, 0.5) is 0 Å². The average Bonchev–Trinajstić information content (AvgIpc) is 3.20. The number of hydrogen-bond acceptors (Lipinski definition) is 5. The summed E-state index contributed by atoms with van der Waals surface area (Å²) >= 11 is 13.5. The van der Waals surface area contributed by atoms with E-state index in [1.807, 2.05) is 35.7 Å². The van der Waals surface area contributed by atoms with Crippen molar-refractivity contribution in [2.24, 2.45) is 0 Å². The summed E-state index contributed by atoms with van der Waals surface area (Å²) in [5.41, 5.74) is 3.67. The Bertz CT molecular complexity index is 1180. The minimum Gasteiger partial charge on any atom is -0.480 e. The van der Waals surface area contributed by atoms with Gasteiger partial charge in [-0.05, 0) is 42.3 Å². The van der Waals surface area contributed by atoms with E-state index in [1.165, 1.54) is 0 Å². The number of nitrogens with zero attached hydrogens (tertiary/aromatic N) is 1. The number of ether oxygens (including phenoxy) is 1. The van der Waals surface area contributed by atoms with Gasteiger partial charge in [-0.1, -0.05) is 41.4 Å².